The van der Waals surface area contributed by atoms with Gasteiger partial charge in [-0.2, -0.15) is 0 Å². The van der Waals surface area contributed by atoms with E-state index in [9.17, 15) is 4.79 Å². The Morgan fingerprint density at radius 3 is 2.52 bits per heavy atom. The molecular formula is C16H20Cl3N5O. The minimum absolute atomic E-state index is 0. The van der Waals surface area contributed by atoms with Crippen LogP contribution >= 0.6 is 35.6 Å². The second kappa shape index (κ2) is 8.36. The zero-order valence-corrected chi connectivity index (χ0v) is 16.3. The summed E-state index contributed by atoms with van der Waals surface area (Å²) in [5.41, 5.74) is 0.541. The molecule has 1 aromatic carbocycles. The van der Waals surface area contributed by atoms with Crippen LogP contribution in [-0.2, 0) is 0 Å². The van der Waals surface area contributed by atoms with Crippen LogP contribution in [0.3, 0.4) is 0 Å². The van der Waals surface area contributed by atoms with E-state index < -0.39 is 0 Å². The van der Waals surface area contributed by atoms with Crippen molar-refractivity contribution in [2.75, 3.05) is 19.6 Å². The Bertz CT molecular complexity index is 738. The van der Waals surface area contributed by atoms with Crippen molar-refractivity contribution < 1.29 is 4.79 Å². The lowest BCUT2D eigenvalue weighted by Crippen LogP contribution is -2.48. The zero-order valence-electron chi connectivity index (χ0n) is 13.9. The summed E-state index contributed by atoms with van der Waals surface area (Å²) in [6.45, 7) is 6.42. The van der Waals surface area contributed by atoms with Crippen LogP contribution in [0.25, 0.3) is 5.69 Å². The Morgan fingerprint density at radius 2 is 2.00 bits per heavy atom. The summed E-state index contributed by atoms with van der Waals surface area (Å²) in [6, 6.07) is 5.23. The van der Waals surface area contributed by atoms with Crippen molar-refractivity contribution in [3.05, 3.63) is 39.9 Å². The minimum atomic E-state index is -0.286. The lowest BCUT2D eigenvalue weighted by molar-refractivity contribution is 0.0932. The zero-order chi connectivity index (χ0) is 17.3. The molecule has 0 radical (unpaired) electrons. The number of carbonyl (C=O) groups excluding carboxylic acids is 1. The molecule has 136 valence electrons. The van der Waals surface area contributed by atoms with Crippen molar-refractivity contribution in [3.63, 3.8) is 0 Å². The van der Waals surface area contributed by atoms with Gasteiger partial charge in [-0.25, -0.2) is 9.67 Å². The number of rotatable bonds is 5. The Balaban J connectivity index is 0.00000225. The third-order valence-electron chi connectivity index (χ3n) is 3.92. The molecule has 1 aromatic heterocycles. The number of carbonyl (C=O) groups is 1. The lowest BCUT2D eigenvalue weighted by atomic mass is 10.0. The summed E-state index contributed by atoms with van der Waals surface area (Å²) in [4.78, 5) is 16.7. The third-order valence-corrected chi connectivity index (χ3v) is 4.53. The molecule has 1 saturated heterocycles. The van der Waals surface area contributed by atoms with Gasteiger partial charge in [0, 0.05) is 31.5 Å². The summed E-state index contributed by atoms with van der Waals surface area (Å²) in [6.07, 6.45) is 0. The molecule has 1 aliphatic heterocycles. The van der Waals surface area contributed by atoms with Crippen LogP contribution in [0.2, 0.25) is 10.0 Å². The van der Waals surface area contributed by atoms with Gasteiger partial charge in [0.2, 0.25) is 5.82 Å². The molecule has 1 aliphatic rings. The molecule has 0 bridgehead atoms. The normalized spacial score (nSPS) is 14.1. The molecule has 2 heterocycles. The average Bonchev–Trinajstić information content (AvgIpc) is 2.90. The van der Waals surface area contributed by atoms with E-state index in [0.29, 0.717) is 34.0 Å². The standard InChI is InChI=1S/C16H19Cl2N5O.ClH/c1-9(2)15-21-14(16(24)20-8-10-6-19-7-10)22-23(15)13-11(17)4-3-5-12(13)18;/h3-5,9-10,19H,6-8H2,1-2H3,(H,20,24);1H. The Labute approximate surface area is 162 Å². The number of hydrogen-bond donors (Lipinski definition) is 2. The van der Waals surface area contributed by atoms with Gasteiger partial charge in [-0.05, 0) is 12.1 Å². The van der Waals surface area contributed by atoms with E-state index >= 15 is 0 Å². The third kappa shape index (κ3) is 4.26. The number of aromatic nitrogens is 3. The highest BCUT2D eigenvalue weighted by Crippen LogP contribution is 2.30. The second-order valence-corrected chi connectivity index (χ2v) is 6.98. The van der Waals surface area contributed by atoms with Crippen LogP contribution in [0, 0.1) is 5.92 Å². The predicted molar refractivity (Wildman–Crippen MR) is 101 cm³/mol. The van der Waals surface area contributed by atoms with Gasteiger partial charge in [0.05, 0.1) is 10.0 Å². The van der Waals surface area contributed by atoms with E-state index in [0.717, 1.165) is 13.1 Å². The van der Waals surface area contributed by atoms with Gasteiger partial charge >= 0.3 is 0 Å². The molecule has 3 rings (SSSR count). The summed E-state index contributed by atoms with van der Waals surface area (Å²) < 4.78 is 1.56. The fraction of sp³-hybridized carbons (Fsp3) is 0.438. The first kappa shape index (κ1) is 20.0. The van der Waals surface area contributed by atoms with Crippen molar-refractivity contribution in [2.45, 2.75) is 19.8 Å². The van der Waals surface area contributed by atoms with Gasteiger partial charge in [-0.3, -0.25) is 4.79 Å². The molecule has 1 amide bonds. The Hall–Kier alpha value is -1.34. The van der Waals surface area contributed by atoms with Crippen molar-refractivity contribution in [1.29, 1.82) is 0 Å². The lowest BCUT2D eigenvalue weighted by Gasteiger charge is -2.26. The summed E-state index contributed by atoms with van der Waals surface area (Å²) in [5, 5.41) is 11.3. The molecule has 25 heavy (non-hydrogen) atoms. The number of para-hydroxylation sites is 1. The minimum Gasteiger partial charge on any atom is -0.349 e. The monoisotopic (exact) mass is 403 g/mol. The topological polar surface area (TPSA) is 71.8 Å². The molecule has 2 N–H and O–H groups in total. The Morgan fingerprint density at radius 1 is 1.36 bits per heavy atom. The first-order chi connectivity index (χ1) is 11.5. The molecule has 0 atom stereocenters. The van der Waals surface area contributed by atoms with Crippen molar-refractivity contribution in [2.24, 2.45) is 5.92 Å². The van der Waals surface area contributed by atoms with Crippen LogP contribution in [0.1, 0.15) is 36.2 Å². The van der Waals surface area contributed by atoms with Crippen LogP contribution in [0.5, 0.6) is 0 Å². The SMILES string of the molecule is CC(C)c1nc(C(=O)NCC2CNC2)nn1-c1c(Cl)cccc1Cl.Cl. The molecular weight excluding hydrogens is 385 g/mol. The van der Waals surface area contributed by atoms with E-state index in [1.165, 1.54) is 0 Å². The maximum atomic E-state index is 12.3. The summed E-state index contributed by atoms with van der Waals surface area (Å²) >= 11 is 12.6. The van der Waals surface area contributed by atoms with Gasteiger partial charge in [-0.1, -0.05) is 43.1 Å². The Kier molecular flexibility index (Phi) is 6.68. The van der Waals surface area contributed by atoms with Gasteiger partial charge in [0.1, 0.15) is 11.5 Å². The predicted octanol–water partition coefficient (Wildman–Crippen LogP) is 3.07. The fourth-order valence-corrected chi connectivity index (χ4v) is 3.02. The highest BCUT2D eigenvalue weighted by Gasteiger charge is 2.23. The van der Waals surface area contributed by atoms with Crippen LogP contribution < -0.4 is 10.6 Å². The van der Waals surface area contributed by atoms with Crippen LogP contribution in [-0.4, -0.2) is 40.3 Å². The van der Waals surface area contributed by atoms with E-state index in [-0.39, 0.29) is 30.1 Å². The van der Waals surface area contributed by atoms with Crippen LogP contribution in [0.4, 0.5) is 0 Å². The first-order valence-corrected chi connectivity index (χ1v) is 8.63. The molecule has 2 aromatic rings. The van der Waals surface area contributed by atoms with Crippen molar-refractivity contribution in [1.82, 2.24) is 25.4 Å². The highest BCUT2D eigenvalue weighted by atomic mass is 35.5. The molecule has 0 unspecified atom stereocenters. The smallest absolute Gasteiger partial charge is 0.290 e. The molecule has 6 nitrogen and oxygen atoms in total. The van der Waals surface area contributed by atoms with E-state index in [1.54, 1.807) is 22.9 Å². The molecule has 0 spiro atoms. The van der Waals surface area contributed by atoms with E-state index in [2.05, 4.69) is 20.7 Å². The van der Waals surface area contributed by atoms with Gasteiger partial charge in [-0.15, -0.1) is 17.5 Å². The number of hydrogen-bond acceptors (Lipinski definition) is 4. The fourth-order valence-electron chi connectivity index (χ4n) is 2.46. The average molecular weight is 405 g/mol. The number of amides is 1. The summed E-state index contributed by atoms with van der Waals surface area (Å²) in [7, 11) is 0. The van der Waals surface area contributed by atoms with Crippen LogP contribution in [0.15, 0.2) is 18.2 Å². The largest absolute Gasteiger partial charge is 0.349 e. The maximum absolute atomic E-state index is 12.3. The molecule has 0 aliphatic carbocycles. The maximum Gasteiger partial charge on any atom is 0.290 e. The van der Waals surface area contributed by atoms with Crippen molar-refractivity contribution >= 4 is 41.5 Å². The molecule has 1 fully saturated rings. The first-order valence-electron chi connectivity index (χ1n) is 7.87. The number of nitrogens with zero attached hydrogens (tertiary/aromatic N) is 3. The number of nitrogens with one attached hydrogen (secondary N) is 2. The van der Waals surface area contributed by atoms with E-state index in [4.69, 9.17) is 23.2 Å². The van der Waals surface area contributed by atoms with Gasteiger partial charge in [0.15, 0.2) is 0 Å². The summed E-state index contributed by atoms with van der Waals surface area (Å²) in [5.74, 6) is 1.01. The second-order valence-electron chi connectivity index (χ2n) is 6.16. The number of halogens is 3. The van der Waals surface area contributed by atoms with Gasteiger partial charge in [0.25, 0.3) is 5.91 Å². The van der Waals surface area contributed by atoms with Crippen molar-refractivity contribution in [3.8, 4) is 5.69 Å². The molecule has 0 saturated carbocycles. The van der Waals surface area contributed by atoms with Gasteiger partial charge < -0.3 is 10.6 Å². The number of benzene rings is 1. The van der Waals surface area contributed by atoms with E-state index in [1.807, 2.05) is 13.8 Å². The molecule has 9 heteroatoms. The highest BCUT2D eigenvalue weighted by molar-refractivity contribution is 6.37. The quantitative estimate of drug-likeness (QED) is 0.803.